The third-order valence-corrected chi connectivity index (χ3v) is 5.48. The van der Waals surface area contributed by atoms with E-state index in [9.17, 15) is 4.79 Å². The molecule has 160 valence electrons. The van der Waals surface area contributed by atoms with Crippen LogP contribution in [0.2, 0.25) is 0 Å². The normalized spacial score (nSPS) is 18.5. The van der Waals surface area contributed by atoms with Crippen LogP contribution in [-0.4, -0.2) is 56.6 Å². The van der Waals surface area contributed by atoms with E-state index in [2.05, 4.69) is 28.7 Å². The zero-order valence-electron chi connectivity index (χ0n) is 17.6. The summed E-state index contributed by atoms with van der Waals surface area (Å²) < 4.78 is 11.6. The standard InChI is InChI=1S/C23H25N5O3/c1-4-18-21(30-3)11-12-24-22(18)31-17-10-9-16(2)27(15-17)23(29)19-7-5-6-8-20(19)28-25-13-14-26-28/h4-8,11-14,16-17H,1,9-10,15H2,2-3H3. The molecule has 8 nitrogen and oxygen atoms in total. The fraction of sp³-hybridized carbons (Fsp3) is 0.304. The lowest BCUT2D eigenvalue weighted by atomic mass is 9.99. The number of para-hydroxylation sites is 1. The van der Waals surface area contributed by atoms with Crippen LogP contribution < -0.4 is 9.47 Å². The van der Waals surface area contributed by atoms with Crippen molar-refractivity contribution >= 4 is 12.0 Å². The van der Waals surface area contributed by atoms with Crippen LogP contribution in [-0.2, 0) is 0 Å². The molecule has 0 N–H and O–H groups in total. The summed E-state index contributed by atoms with van der Waals surface area (Å²) >= 11 is 0. The van der Waals surface area contributed by atoms with Gasteiger partial charge in [-0.3, -0.25) is 4.79 Å². The third kappa shape index (κ3) is 4.14. The lowest BCUT2D eigenvalue weighted by Crippen LogP contribution is -2.49. The van der Waals surface area contributed by atoms with Gasteiger partial charge in [0.1, 0.15) is 11.9 Å². The minimum Gasteiger partial charge on any atom is -0.496 e. The molecule has 1 aromatic carbocycles. The van der Waals surface area contributed by atoms with E-state index in [4.69, 9.17) is 9.47 Å². The fourth-order valence-electron chi connectivity index (χ4n) is 3.83. The number of pyridine rings is 1. The first kappa shape index (κ1) is 20.6. The van der Waals surface area contributed by atoms with Crippen molar-refractivity contribution in [3.8, 4) is 17.3 Å². The molecule has 3 aromatic rings. The average Bonchev–Trinajstić information content (AvgIpc) is 3.34. The Hall–Kier alpha value is -3.68. The second kappa shape index (κ2) is 8.99. The average molecular weight is 419 g/mol. The Labute approximate surface area is 181 Å². The van der Waals surface area contributed by atoms with E-state index in [1.165, 1.54) is 4.80 Å². The maximum absolute atomic E-state index is 13.5. The number of piperidine rings is 1. The summed E-state index contributed by atoms with van der Waals surface area (Å²) in [5, 5.41) is 8.36. The number of likely N-dealkylation sites (tertiary alicyclic amines) is 1. The van der Waals surface area contributed by atoms with Crippen LogP contribution in [0.3, 0.4) is 0 Å². The van der Waals surface area contributed by atoms with Gasteiger partial charge in [-0.25, -0.2) is 4.98 Å². The second-order valence-electron chi connectivity index (χ2n) is 7.40. The molecule has 0 saturated carbocycles. The first-order valence-electron chi connectivity index (χ1n) is 10.2. The highest BCUT2D eigenvalue weighted by Gasteiger charge is 2.32. The first-order chi connectivity index (χ1) is 15.1. The molecule has 1 saturated heterocycles. The van der Waals surface area contributed by atoms with E-state index in [1.807, 2.05) is 23.1 Å². The molecule has 0 radical (unpaired) electrons. The Bertz CT molecular complexity index is 1070. The lowest BCUT2D eigenvalue weighted by molar-refractivity contribution is 0.0371. The summed E-state index contributed by atoms with van der Waals surface area (Å²) in [4.78, 5) is 21.2. The topological polar surface area (TPSA) is 82.4 Å². The van der Waals surface area contributed by atoms with Crippen molar-refractivity contribution in [3.05, 3.63) is 66.6 Å². The van der Waals surface area contributed by atoms with Gasteiger partial charge in [0.05, 0.1) is 42.9 Å². The number of hydrogen-bond acceptors (Lipinski definition) is 6. The fourth-order valence-corrected chi connectivity index (χ4v) is 3.83. The van der Waals surface area contributed by atoms with Gasteiger partial charge < -0.3 is 14.4 Å². The smallest absolute Gasteiger partial charge is 0.256 e. The van der Waals surface area contributed by atoms with Gasteiger partial charge in [0, 0.05) is 12.2 Å². The Morgan fingerprint density at radius 3 is 2.68 bits per heavy atom. The summed E-state index contributed by atoms with van der Waals surface area (Å²) in [5.74, 6) is 1.04. The number of benzene rings is 1. The highest BCUT2D eigenvalue weighted by atomic mass is 16.5. The Balaban J connectivity index is 1.57. The number of carbonyl (C=O) groups is 1. The van der Waals surface area contributed by atoms with Crippen LogP contribution in [0.1, 0.15) is 35.7 Å². The van der Waals surface area contributed by atoms with E-state index in [1.54, 1.807) is 43.9 Å². The summed E-state index contributed by atoms with van der Waals surface area (Å²) in [6.45, 7) is 6.36. The van der Waals surface area contributed by atoms with Crippen LogP contribution in [0.4, 0.5) is 0 Å². The third-order valence-electron chi connectivity index (χ3n) is 5.48. The zero-order valence-corrected chi connectivity index (χ0v) is 17.6. The van der Waals surface area contributed by atoms with Gasteiger partial charge in [0.25, 0.3) is 5.91 Å². The van der Waals surface area contributed by atoms with Crippen molar-refractivity contribution in [3.63, 3.8) is 0 Å². The first-order valence-corrected chi connectivity index (χ1v) is 10.2. The highest BCUT2D eigenvalue weighted by molar-refractivity contribution is 5.98. The minimum atomic E-state index is -0.187. The molecule has 0 spiro atoms. The SMILES string of the molecule is C=Cc1c(OC)ccnc1OC1CCC(C)N(C(=O)c2ccccc2-n2nccn2)C1. The Kier molecular flexibility index (Phi) is 5.97. The molecule has 31 heavy (non-hydrogen) atoms. The molecule has 1 amide bonds. The van der Waals surface area contributed by atoms with Crippen LogP contribution >= 0.6 is 0 Å². The molecule has 2 aromatic heterocycles. The van der Waals surface area contributed by atoms with E-state index in [-0.39, 0.29) is 18.1 Å². The molecule has 1 aliphatic rings. The molecule has 4 rings (SSSR count). The lowest BCUT2D eigenvalue weighted by Gasteiger charge is -2.38. The number of amides is 1. The molecular formula is C23H25N5O3. The summed E-state index contributed by atoms with van der Waals surface area (Å²) in [6, 6.07) is 9.21. The van der Waals surface area contributed by atoms with Gasteiger partial charge >= 0.3 is 0 Å². The van der Waals surface area contributed by atoms with E-state index in [0.717, 1.165) is 12.8 Å². The largest absolute Gasteiger partial charge is 0.496 e. The van der Waals surface area contributed by atoms with Gasteiger partial charge in [-0.15, -0.1) is 0 Å². The molecule has 0 bridgehead atoms. The maximum Gasteiger partial charge on any atom is 0.256 e. The quantitative estimate of drug-likeness (QED) is 0.609. The van der Waals surface area contributed by atoms with E-state index in [0.29, 0.717) is 35.0 Å². The number of methoxy groups -OCH3 is 1. The highest BCUT2D eigenvalue weighted by Crippen LogP contribution is 2.30. The van der Waals surface area contributed by atoms with E-state index >= 15 is 0 Å². The van der Waals surface area contributed by atoms with Gasteiger partial charge in [-0.05, 0) is 38.0 Å². The zero-order chi connectivity index (χ0) is 21.8. The Morgan fingerprint density at radius 1 is 1.16 bits per heavy atom. The van der Waals surface area contributed by atoms with Crippen LogP contribution in [0.25, 0.3) is 11.8 Å². The molecule has 1 fully saturated rings. The number of rotatable bonds is 6. The predicted molar refractivity (Wildman–Crippen MR) is 116 cm³/mol. The van der Waals surface area contributed by atoms with Crippen LogP contribution in [0.5, 0.6) is 11.6 Å². The number of hydrogen-bond donors (Lipinski definition) is 0. The Morgan fingerprint density at radius 2 is 1.94 bits per heavy atom. The molecule has 1 aliphatic heterocycles. The predicted octanol–water partition coefficient (Wildman–Crippen LogP) is 3.39. The van der Waals surface area contributed by atoms with E-state index < -0.39 is 0 Å². The molecule has 0 aliphatic carbocycles. The summed E-state index contributed by atoms with van der Waals surface area (Å²) in [5.41, 5.74) is 1.91. The van der Waals surface area contributed by atoms with Crippen molar-refractivity contribution in [1.82, 2.24) is 24.9 Å². The van der Waals surface area contributed by atoms with Crippen molar-refractivity contribution in [1.29, 1.82) is 0 Å². The molecule has 8 heteroatoms. The van der Waals surface area contributed by atoms with Gasteiger partial charge in [-0.2, -0.15) is 15.0 Å². The van der Waals surface area contributed by atoms with Gasteiger partial charge in [-0.1, -0.05) is 24.8 Å². The number of ether oxygens (including phenoxy) is 2. The van der Waals surface area contributed by atoms with Crippen molar-refractivity contribution in [2.75, 3.05) is 13.7 Å². The van der Waals surface area contributed by atoms with Crippen molar-refractivity contribution < 1.29 is 14.3 Å². The molecular weight excluding hydrogens is 394 g/mol. The minimum absolute atomic E-state index is 0.0729. The van der Waals surface area contributed by atoms with Crippen molar-refractivity contribution in [2.45, 2.75) is 31.9 Å². The molecule has 3 heterocycles. The summed E-state index contributed by atoms with van der Waals surface area (Å²) in [7, 11) is 1.60. The number of aromatic nitrogens is 4. The monoisotopic (exact) mass is 419 g/mol. The van der Waals surface area contributed by atoms with Crippen LogP contribution in [0, 0.1) is 0 Å². The van der Waals surface area contributed by atoms with Crippen molar-refractivity contribution in [2.24, 2.45) is 0 Å². The second-order valence-corrected chi connectivity index (χ2v) is 7.40. The number of carbonyl (C=O) groups excluding carboxylic acids is 1. The van der Waals surface area contributed by atoms with Gasteiger partial charge in [0.2, 0.25) is 5.88 Å². The summed E-state index contributed by atoms with van der Waals surface area (Å²) in [6.07, 6.45) is 7.95. The van der Waals surface area contributed by atoms with Gasteiger partial charge in [0.15, 0.2) is 0 Å². The van der Waals surface area contributed by atoms with Crippen LogP contribution in [0.15, 0.2) is 55.5 Å². The molecule has 2 unspecified atom stereocenters. The number of nitrogens with zero attached hydrogens (tertiary/aromatic N) is 5. The maximum atomic E-state index is 13.5. The molecule has 2 atom stereocenters.